The van der Waals surface area contributed by atoms with E-state index < -0.39 is 0 Å². The van der Waals surface area contributed by atoms with Crippen molar-refractivity contribution >= 4 is 11.0 Å². The SMILES string of the molecule is CCC[n+]1c(Cc2ccccc2)[nH]c2ccccc21. The van der Waals surface area contributed by atoms with Crippen molar-refractivity contribution in [3.63, 3.8) is 0 Å². The van der Waals surface area contributed by atoms with E-state index >= 15 is 0 Å². The third-order valence-electron chi connectivity index (χ3n) is 3.46. The highest BCUT2D eigenvalue weighted by Crippen LogP contribution is 2.12. The molecule has 0 radical (unpaired) electrons. The number of nitrogens with one attached hydrogen (secondary N) is 1. The molecule has 96 valence electrons. The molecule has 19 heavy (non-hydrogen) atoms. The molecule has 1 heterocycles. The second-order valence-corrected chi connectivity index (χ2v) is 4.90. The summed E-state index contributed by atoms with van der Waals surface area (Å²) in [4.78, 5) is 3.56. The number of fused-ring (bicyclic) bond motifs is 1. The molecule has 0 fully saturated rings. The third-order valence-corrected chi connectivity index (χ3v) is 3.46. The number of hydrogen-bond donors (Lipinski definition) is 1. The first kappa shape index (κ1) is 12.0. The summed E-state index contributed by atoms with van der Waals surface area (Å²) >= 11 is 0. The number of H-pyrrole nitrogens is 1. The molecule has 0 amide bonds. The zero-order valence-corrected chi connectivity index (χ0v) is 11.3. The van der Waals surface area contributed by atoms with E-state index in [2.05, 4.69) is 71.1 Å². The molecular formula is C17H19N2+. The Bertz CT molecular complexity index is 668. The Morgan fingerprint density at radius 2 is 1.68 bits per heavy atom. The summed E-state index contributed by atoms with van der Waals surface area (Å²) < 4.78 is 2.41. The second kappa shape index (κ2) is 5.27. The number of aromatic nitrogens is 2. The minimum Gasteiger partial charge on any atom is -0.240 e. The molecule has 0 saturated heterocycles. The van der Waals surface area contributed by atoms with Crippen molar-refractivity contribution in [3.05, 3.63) is 66.0 Å². The van der Waals surface area contributed by atoms with Gasteiger partial charge in [-0.05, 0) is 24.1 Å². The number of aryl methyl sites for hydroxylation is 1. The summed E-state index contributed by atoms with van der Waals surface area (Å²) in [5.74, 6) is 1.29. The van der Waals surface area contributed by atoms with Crippen LogP contribution in [0.2, 0.25) is 0 Å². The normalized spacial score (nSPS) is 11.0. The van der Waals surface area contributed by atoms with Gasteiger partial charge in [-0.3, -0.25) is 0 Å². The van der Waals surface area contributed by atoms with Gasteiger partial charge in [-0.1, -0.05) is 49.4 Å². The fourth-order valence-corrected chi connectivity index (χ4v) is 2.59. The molecule has 0 atom stereocenters. The summed E-state index contributed by atoms with van der Waals surface area (Å²) in [5.41, 5.74) is 3.87. The molecule has 2 aromatic carbocycles. The number of hydrogen-bond acceptors (Lipinski definition) is 0. The average molecular weight is 251 g/mol. The summed E-state index contributed by atoms with van der Waals surface area (Å²) in [6, 6.07) is 19.2. The van der Waals surface area contributed by atoms with Gasteiger partial charge >= 0.3 is 0 Å². The lowest BCUT2D eigenvalue weighted by atomic mass is 10.1. The summed E-state index contributed by atoms with van der Waals surface area (Å²) in [6.07, 6.45) is 2.10. The predicted molar refractivity (Wildman–Crippen MR) is 78.0 cm³/mol. The fourth-order valence-electron chi connectivity index (χ4n) is 2.59. The highest BCUT2D eigenvalue weighted by Gasteiger charge is 2.17. The smallest absolute Gasteiger partial charge is 0.240 e. The van der Waals surface area contributed by atoms with E-state index in [1.165, 1.54) is 22.4 Å². The van der Waals surface area contributed by atoms with Crippen molar-refractivity contribution in [2.24, 2.45) is 0 Å². The Kier molecular flexibility index (Phi) is 3.32. The van der Waals surface area contributed by atoms with Crippen molar-refractivity contribution in [1.82, 2.24) is 4.98 Å². The van der Waals surface area contributed by atoms with Crippen molar-refractivity contribution in [2.75, 3.05) is 0 Å². The third kappa shape index (κ3) is 2.39. The minimum absolute atomic E-state index is 0.954. The number of nitrogens with zero attached hydrogens (tertiary/aromatic N) is 1. The Hall–Kier alpha value is -2.09. The molecule has 0 aliphatic carbocycles. The number of benzene rings is 2. The van der Waals surface area contributed by atoms with Gasteiger partial charge in [0.05, 0.1) is 13.0 Å². The van der Waals surface area contributed by atoms with Crippen LogP contribution in [0.5, 0.6) is 0 Å². The first-order valence-electron chi connectivity index (χ1n) is 6.92. The van der Waals surface area contributed by atoms with E-state index in [-0.39, 0.29) is 0 Å². The summed E-state index contributed by atoms with van der Waals surface area (Å²) in [6.45, 7) is 3.28. The number of para-hydroxylation sites is 2. The van der Waals surface area contributed by atoms with Gasteiger partial charge < -0.3 is 0 Å². The molecule has 3 rings (SSSR count). The van der Waals surface area contributed by atoms with Gasteiger partial charge in [0, 0.05) is 0 Å². The summed E-state index contributed by atoms with van der Waals surface area (Å²) in [5, 5.41) is 0. The molecule has 0 aliphatic heterocycles. The van der Waals surface area contributed by atoms with E-state index in [1.807, 2.05) is 0 Å². The fraction of sp³-hybridized carbons (Fsp3) is 0.235. The van der Waals surface area contributed by atoms with Gasteiger partial charge in [0.2, 0.25) is 0 Å². The predicted octanol–water partition coefficient (Wildman–Crippen LogP) is 3.46. The van der Waals surface area contributed by atoms with Crippen LogP contribution in [0.15, 0.2) is 54.6 Å². The molecule has 2 nitrogen and oxygen atoms in total. The van der Waals surface area contributed by atoms with Gasteiger partial charge in [-0.15, -0.1) is 0 Å². The van der Waals surface area contributed by atoms with Crippen molar-refractivity contribution in [2.45, 2.75) is 26.3 Å². The number of imidazole rings is 1. The van der Waals surface area contributed by atoms with E-state index in [0.29, 0.717) is 0 Å². The van der Waals surface area contributed by atoms with Gasteiger partial charge in [0.25, 0.3) is 5.82 Å². The lowest BCUT2D eigenvalue weighted by molar-refractivity contribution is -0.678. The molecule has 0 saturated carbocycles. The monoisotopic (exact) mass is 251 g/mol. The van der Waals surface area contributed by atoms with Crippen LogP contribution in [0.1, 0.15) is 24.7 Å². The van der Waals surface area contributed by atoms with E-state index in [4.69, 9.17) is 0 Å². The molecule has 2 heteroatoms. The van der Waals surface area contributed by atoms with Crippen LogP contribution in [0.3, 0.4) is 0 Å². The molecule has 0 bridgehead atoms. The topological polar surface area (TPSA) is 19.7 Å². The van der Waals surface area contributed by atoms with Crippen molar-refractivity contribution in [1.29, 1.82) is 0 Å². The Morgan fingerprint density at radius 3 is 2.47 bits per heavy atom. The van der Waals surface area contributed by atoms with Crippen LogP contribution in [0, 0.1) is 0 Å². The molecular weight excluding hydrogens is 232 g/mol. The molecule has 0 spiro atoms. The zero-order chi connectivity index (χ0) is 13.1. The Balaban J connectivity index is 2.04. The van der Waals surface area contributed by atoms with Crippen LogP contribution in [-0.2, 0) is 13.0 Å². The maximum Gasteiger partial charge on any atom is 0.259 e. The zero-order valence-electron chi connectivity index (χ0n) is 11.3. The van der Waals surface area contributed by atoms with Crippen LogP contribution in [-0.4, -0.2) is 4.98 Å². The molecule has 0 unspecified atom stereocenters. The van der Waals surface area contributed by atoms with Gasteiger partial charge in [-0.2, -0.15) is 0 Å². The van der Waals surface area contributed by atoms with Crippen LogP contribution < -0.4 is 4.57 Å². The van der Waals surface area contributed by atoms with Crippen molar-refractivity contribution in [3.8, 4) is 0 Å². The average Bonchev–Trinajstić information content (AvgIpc) is 2.79. The van der Waals surface area contributed by atoms with Crippen molar-refractivity contribution < 1.29 is 4.57 Å². The molecule has 1 N–H and O–H groups in total. The van der Waals surface area contributed by atoms with Crippen LogP contribution in [0.4, 0.5) is 0 Å². The first-order valence-corrected chi connectivity index (χ1v) is 6.92. The quantitative estimate of drug-likeness (QED) is 0.685. The Morgan fingerprint density at radius 1 is 0.947 bits per heavy atom. The van der Waals surface area contributed by atoms with Gasteiger partial charge in [-0.25, -0.2) is 9.55 Å². The number of aromatic amines is 1. The van der Waals surface area contributed by atoms with Gasteiger partial charge in [0.15, 0.2) is 11.0 Å². The maximum atomic E-state index is 3.56. The van der Waals surface area contributed by atoms with Crippen LogP contribution in [0.25, 0.3) is 11.0 Å². The maximum absolute atomic E-state index is 3.56. The second-order valence-electron chi connectivity index (χ2n) is 4.90. The van der Waals surface area contributed by atoms with E-state index in [9.17, 15) is 0 Å². The highest BCUT2D eigenvalue weighted by atomic mass is 15.1. The van der Waals surface area contributed by atoms with Crippen LogP contribution >= 0.6 is 0 Å². The Labute approximate surface area is 113 Å². The minimum atomic E-state index is 0.954. The standard InChI is InChI=1S/C17H18N2/c1-2-12-19-16-11-7-6-10-15(16)18-17(19)13-14-8-4-3-5-9-14/h3-11H,2,12-13H2,1H3/p+1. The lowest BCUT2D eigenvalue weighted by Gasteiger charge is -2.00. The van der Waals surface area contributed by atoms with E-state index in [0.717, 1.165) is 19.4 Å². The number of rotatable bonds is 4. The molecule has 3 aromatic rings. The lowest BCUT2D eigenvalue weighted by Crippen LogP contribution is -2.36. The largest absolute Gasteiger partial charge is 0.259 e. The molecule has 1 aromatic heterocycles. The first-order chi connectivity index (χ1) is 9.38. The van der Waals surface area contributed by atoms with E-state index in [1.54, 1.807) is 0 Å². The molecule has 0 aliphatic rings. The highest BCUT2D eigenvalue weighted by molar-refractivity contribution is 5.71. The summed E-state index contributed by atoms with van der Waals surface area (Å²) in [7, 11) is 0. The van der Waals surface area contributed by atoms with Gasteiger partial charge in [0.1, 0.15) is 0 Å².